The molecule has 1 fully saturated rings. The molecule has 0 saturated carbocycles. The third-order valence-electron chi connectivity index (χ3n) is 4.11. The van der Waals surface area contributed by atoms with Gasteiger partial charge in [0.15, 0.2) is 6.10 Å². The van der Waals surface area contributed by atoms with E-state index in [0.717, 1.165) is 41.8 Å². The molecule has 1 aromatic heterocycles. The molecule has 1 atom stereocenters. The Kier molecular flexibility index (Phi) is 4.88. The largest absolute Gasteiger partial charge is 0.479 e. The number of aliphatic carboxylic acids is 1. The third-order valence-corrected chi connectivity index (χ3v) is 5.06. The molecule has 0 bridgehead atoms. The summed E-state index contributed by atoms with van der Waals surface area (Å²) < 4.78 is 0.776. The number of carboxylic acids is 1. The van der Waals surface area contributed by atoms with Gasteiger partial charge in [-0.15, -0.1) is 0 Å². The van der Waals surface area contributed by atoms with Crippen LogP contribution in [-0.4, -0.2) is 34.3 Å². The second kappa shape index (κ2) is 6.32. The number of aromatic nitrogens is 1. The van der Waals surface area contributed by atoms with Gasteiger partial charge in [0.2, 0.25) is 0 Å². The third kappa shape index (κ3) is 3.21. The number of pyridine rings is 1. The van der Waals surface area contributed by atoms with Crippen LogP contribution in [0.3, 0.4) is 0 Å². The van der Waals surface area contributed by atoms with E-state index in [1.807, 2.05) is 6.92 Å². The van der Waals surface area contributed by atoms with Crippen molar-refractivity contribution in [1.82, 2.24) is 4.98 Å². The molecule has 21 heavy (non-hydrogen) atoms. The van der Waals surface area contributed by atoms with Gasteiger partial charge in [-0.3, -0.25) is 4.98 Å². The van der Waals surface area contributed by atoms with Crippen LogP contribution in [0.15, 0.2) is 4.47 Å². The van der Waals surface area contributed by atoms with Gasteiger partial charge < -0.3 is 15.1 Å². The maximum absolute atomic E-state index is 11.2. The number of hydrogen-bond donors (Lipinski definition) is 2. The number of aliphatic hydroxyl groups excluding tert-OH is 1. The monoisotopic (exact) mass is 356 g/mol. The molecule has 2 N–H and O–H groups in total. The molecular weight excluding hydrogens is 336 g/mol. The number of piperidine rings is 1. The van der Waals surface area contributed by atoms with E-state index in [4.69, 9.17) is 0 Å². The summed E-state index contributed by atoms with van der Waals surface area (Å²) in [4.78, 5) is 17.7. The zero-order valence-corrected chi connectivity index (χ0v) is 14.1. The van der Waals surface area contributed by atoms with Gasteiger partial charge in [0.1, 0.15) is 0 Å². The van der Waals surface area contributed by atoms with Gasteiger partial charge in [0.05, 0.1) is 15.9 Å². The van der Waals surface area contributed by atoms with Gasteiger partial charge in [0.25, 0.3) is 0 Å². The number of carboxylic acid groups (broad SMARTS) is 1. The summed E-state index contributed by atoms with van der Waals surface area (Å²) in [5.74, 6) is -0.570. The van der Waals surface area contributed by atoms with Crippen molar-refractivity contribution >= 4 is 27.6 Å². The second-order valence-corrected chi connectivity index (χ2v) is 6.56. The van der Waals surface area contributed by atoms with E-state index in [1.54, 1.807) is 6.92 Å². The van der Waals surface area contributed by atoms with Crippen LogP contribution in [-0.2, 0) is 4.79 Å². The van der Waals surface area contributed by atoms with E-state index in [9.17, 15) is 15.0 Å². The number of aryl methyl sites for hydroxylation is 2. The molecule has 116 valence electrons. The first-order chi connectivity index (χ1) is 9.82. The highest BCUT2D eigenvalue weighted by Gasteiger charge is 2.29. The van der Waals surface area contributed by atoms with Gasteiger partial charge in [0, 0.05) is 24.3 Å². The fourth-order valence-electron chi connectivity index (χ4n) is 2.81. The van der Waals surface area contributed by atoms with Crippen LogP contribution in [0.25, 0.3) is 0 Å². The van der Waals surface area contributed by atoms with Crippen molar-refractivity contribution in [2.45, 2.75) is 39.7 Å². The predicted molar refractivity (Wildman–Crippen MR) is 84.6 cm³/mol. The Bertz CT molecular complexity index is 554. The van der Waals surface area contributed by atoms with Crippen molar-refractivity contribution in [3.05, 3.63) is 21.4 Å². The number of aliphatic hydroxyl groups is 1. The Balaban J connectivity index is 2.53. The van der Waals surface area contributed by atoms with Crippen LogP contribution >= 0.6 is 15.9 Å². The molecule has 0 radical (unpaired) electrons. The van der Waals surface area contributed by atoms with E-state index in [0.29, 0.717) is 17.2 Å². The van der Waals surface area contributed by atoms with Crippen molar-refractivity contribution in [1.29, 1.82) is 0 Å². The fourth-order valence-corrected chi connectivity index (χ4v) is 3.37. The summed E-state index contributed by atoms with van der Waals surface area (Å²) >= 11 is 3.53. The second-order valence-electron chi connectivity index (χ2n) is 5.77. The average molecular weight is 357 g/mol. The van der Waals surface area contributed by atoms with Crippen molar-refractivity contribution < 1.29 is 15.0 Å². The Morgan fingerprint density at radius 2 is 1.90 bits per heavy atom. The first-order valence-corrected chi connectivity index (χ1v) is 7.94. The van der Waals surface area contributed by atoms with E-state index in [1.165, 1.54) is 0 Å². The minimum Gasteiger partial charge on any atom is -0.479 e. The van der Waals surface area contributed by atoms with Crippen LogP contribution in [0.1, 0.15) is 42.8 Å². The number of nitrogens with zero attached hydrogens (tertiary/aromatic N) is 2. The van der Waals surface area contributed by atoms with Gasteiger partial charge in [-0.2, -0.15) is 0 Å². The molecule has 0 spiro atoms. The SMILES string of the molecule is Cc1nc(C)c(C(O)C(=O)O)c(N2CCC(C)CC2)c1Br. The molecule has 6 heteroatoms. The van der Waals surface area contributed by atoms with E-state index in [-0.39, 0.29) is 0 Å². The van der Waals surface area contributed by atoms with Crippen molar-refractivity contribution in [2.75, 3.05) is 18.0 Å². The minimum atomic E-state index is -1.55. The van der Waals surface area contributed by atoms with E-state index in [2.05, 4.69) is 32.7 Å². The fraction of sp³-hybridized carbons (Fsp3) is 0.600. The molecule has 0 aliphatic carbocycles. The predicted octanol–water partition coefficient (Wildman–Crippen LogP) is 2.82. The van der Waals surface area contributed by atoms with Crippen LogP contribution in [0.5, 0.6) is 0 Å². The van der Waals surface area contributed by atoms with E-state index < -0.39 is 12.1 Å². The highest BCUT2D eigenvalue weighted by atomic mass is 79.9. The number of halogens is 1. The molecule has 0 amide bonds. The van der Waals surface area contributed by atoms with Crippen LogP contribution in [0, 0.1) is 19.8 Å². The Morgan fingerprint density at radius 3 is 2.43 bits per heavy atom. The summed E-state index contributed by atoms with van der Waals surface area (Å²) in [5, 5.41) is 19.2. The number of anilines is 1. The smallest absolute Gasteiger partial charge is 0.337 e. The van der Waals surface area contributed by atoms with Gasteiger partial charge in [-0.1, -0.05) is 6.92 Å². The number of hydrogen-bond acceptors (Lipinski definition) is 4. The molecule has 1 aliphatic heterocycles. The van der Waals surface area contributed by atoms with Crippen molar-refractivity contribution in [3.8, 4) is 0 Å². The lowest BCUT2D eigenvalue weighted by atomic mass is 9.96. The van der Waals surface area contributed by atoms with Crippen molar-refractivity contribution in [2.24, 2.45) is 5.92 Å². The van der Waals surface area contributed by atoms with Crippen LogP contribution in [0.2, 0.25) is 0 Å². The minimum absolute atomic E-state index is 0.398. The number of carbonyl (C=O) groups is 1. The zero-order valence-electron chi connectivity index (χ0n) is 12.6. The number of rotatable bonds is 3. The first kappa shape index (κ1) is 16.2. The summed E-state index contributed by atoms with van der Waals surface area (Å²) in [6.45, 7) is 7.58. The standard InChI is InChI=1S/C15H21BrN2O3/c1-8-4-6-18(7-5-8)13-11(14(19)15(20)21)9(2)17-10(3)12(13)16/h8,14,19H,4-7H2,1-3H3,(H,20,21). The van der Waals surface area contributed by atoms with E-state index >= 15 is 0 Å². The Labute approximate surface area is 133 Å². The lowest BCUT2D eigenvalue weighted by Gasteiger charge is -2.35. The normalized spacial score (nSPS) is 17.9. The topological polar surface area (TPSA) is 73.7 Å². The lowest BCUT2D eigenvalue weighted by molar-refractivity contribution is -0.147. The van der Waals surface area contributed by atoms with Gasteiger partial charge >= 0.3 is 5.97 Å². The molecule has 1 aliphatic rings. The maximum atomic E-state index is 11.2. The molecule has 0 aromatic carbocycles. The Hall–Kier alpha value is -1.14. The highest BCUT2D eigenvalue weighted by Crippen LogP contribution is 2.39. The maximum Gasteiger partial charge on any atom is 0.337 e. The highest BCUT2D eigenvalue weighted by molar-refractivity contribution is 9.10. The van der Waals surface area contributed by atoms with Crippen LogP contribution < -0.4 is 4.90 Å². The summed E-state index contributed by atoms with van der Waals surface area (Å²) in [7, 11) is 0. The van der Waals surface area contributed by atoms with Gasteiger partial charge in [-0.25, -0.2) is 4.79 Å². The molecule has 2 heterocycles. The van der Waals surface area contributed by atoms with Crippen molar-refractivity contribution in [3.63, 3.8) is 0 Å². The van der Waals surface area contributed by atoms with Crippen LogP contribution in [0.4, 0.5) is 5.69 Å². The average Bonchev–Trinajstić information content (AvgIpc) is 2.43. The lowest BCUT2D eigenvalue weighted by Crippen LogP contribution is -2.35. The molecular formula is C15H21BrN2O3. The first-order valence-electron chi connectivity index (χ1n) is 7.15. The summed E-state index contributed by atoms with van der Waals surface area (Å²) in [5.41, 5.74) is 2.55. The summed E-state index contributed by atoms with van der Waals surface area (Å²) in [6, 6.07) is 0. The van der Waals surface area contributed by atoms with Gasteiger partial charge in [-0.05, 0) is 48.5 Å². The molecule has 2 rings (SSSR count). The quantitative estimate of drug-likeness (QED) is 0.870. The molecule has 1 aromatic rings. The molecule has 1 saturated heterocycles. The Morgan fingerprint density at radius 1 is 1.33 bits per heavy atom. The molecule has 5 nitrogen and oxygen atoms in total. The zero-order chi connectivity index (χ0) is 15.7. The summed E-state index contributed by atoms with van der Waals surface area (Å²) in [6.07, 6.45) is 0.578. The molecule has 1 unspecified atom stereocenters.